The molecule has 2 aliphatic rings. The number of carbonyl (C=O) groups excluding carboxylic acids is 1. The number of nitrogens with one attached hydrogen (secondary N) is 1. The molecule has 7 nitrogen and oxygen atoms in total. The summed E-state index contributed by atoms with van der Waals surface area (Å²) in [6, 6.07) is 1.95. The number of rotatable bonds is 6. The molecule has 23 heavy (non-hydrogen) atoms. The van der Waals surface area contributed by atoms with Gasteiger partial charge in [0.1, 0.15) is 5.76 Å². The predicted octanol–water partition coefficient (Wildman–Crippen LogP) is 0.727. The Labute approximate surface area is 136 Å². The topological polar surface area (TPSA) is 76.8 Å². The van der Waals surface area contributed by atoms with Crippen LogP contribution in [0.5, 0.6) is 0 Å². The fraction of sp³-hybridized carbons (Fsp3) is 0.750. The van der Waals surface area contributed by atoms with E-state index in [4.69, 9.17) is 14.0 Å². The Balaban J connectivity index is 1.67. The summed E-state index contributed by atoms with van der Waals surface area (Å²) in [5.74, 6) is 0.893. The van der Waals surface area contributed by atoms with E-state index >= 15 is 0 Å². The lowest BCUT2D eigenvalue weighted by molar-refractivity contribution is -0.139. The molecule has 3 rings (SSSR count). The van der Waals surface area contributed by atoms with Crippen molar-refractivity contribution in [3.63, 3.8) is 0 Å². The zero-order valence-corrected chi connectivity index (χ0v) is 13.8. The van der Waals surface area contributed by atoms with Crippen molar-refractivity contribution in [3.8, 4) is 0 Å². The van der Waals surface area contributed by atoms with Gasteiger partial charge in [0.05, 0.1) is 23.8 Å². The van der Waals surface area contributed by atoms with Gasteiger partial charge in [-0.15, -0.1) is 0 Å². The van der Waals surface area contributed by atoms with Gasteiger partial charge < -0.3 is 19.3 Å². The number of carbonyl (C=O) groups is 1. The van der Waals surface area contributed by atoms with Crippen molar-refractivity contribution in [3.05, 3.63) is 17.5 Å². The van der Waals surface area contributed by atoms with Crippen molar-refractivity contribution in [2.24, 2.45) is 5.41 Å². The monoisotopic (exact) mass is 323 g/mol. The SMILES string of the molecule is COCCNC(=O)[C@@]12CCO[C@@H]1CCN(Cc1cc(C)on1)C2. The first kappa shape index (κ1) is 16.4. The number of likely N-dealkylation sites (tertiary alicyclic amines) is 1. The molecular formula is C16H25N3O4. The second-order valence-corrected chi connectivity index (χ2v) is 6.44. The lowest BCUT2D eigenvalue weighted by atomic mass is 9.75. The van der Waals surface area contributed by atoms with Crippen LogP contribution in [0.25, 0.3) is 0 Å². The van der Waals surface area contributed by atoms with Crippen molar-refractivity contribution < 1.29 is 18.8 Å². The number of amides is 1. The summed E-state index contributed by atoms with van der Waals surface area (Å²) < 4.78 is 16.0. The summed E-state index contributed by atoms with van der Waals surface area (Å²) in [7, 11) is 1.63. The van der Waals surface area contributed by atoms with E-state index in [9.17, 15) is 4.79 Å². The number of aryl methyl sites for hydroxylation is 1. The van der Waals surface area contributed by atoms with Crippen molar-refractivity contribution in [2.45, 2.75) is 32.4 Å². The molecule has 128 valence electrons. The summed E-state index contributed by atoms with van der Waals surface area (Å²) in [5, 5.41) is 7.06. The molecule has 0 unspecified atom stereocenters. The van der Waals surface area contributed by atoms with Gasteiger partial charge in [0, 0.05) is 46.0 Å². The van der Waals surface area contributed by atoms with Gasteiger partial charge in [0.25, 0.3) is 0 Å². The Morgan fingerprint density at radius 1 is 1.61 bits per heavy atom. The number of hydrogen-bond acceptors (Lipinski definition) is 6. The minimum Gasteiger partial charge on any atom is -0.383 e. The molecule has 0 aliphatic carbocycles. The van der Waals surface area contributed by atoms with Crippen LogP contribution in [0.3, 0.4) is 0 Å². The van der Waals surface area contributed by atoms with E-state index < -0.39 is 5.41 Å². The molecule has 1 aromatic heterocycles. The summed E-state index contributed by atoms with van der Waals surface area (Å²) >= 11 is 0. The standard InChI is InChI=1S/C16H25N3O4/c1-12-9-13(18-23-12)10-19-6-3-14-16(11-19,4-7-22-14)15(20)17-5-8-21-2/h9,14H,3-8,10-11H2,1-2H3,(H,17,20)/t14-,16-/m1/s1. The van der Waals surface area contributed by atoms with Gasteiger partial charge in [-0.1, -0.05) is 5.16 Å². The highest BCUT2D eigenvalue weighted by atomic mass is 16.5. The zero-order chi connectivity index (χ0) is 16.3. The van der Waals surface area contributed by atoms with Crippen LogP contribution in [0.1, 0.15) is 24.3 Å². The summed E-state index contributed by atoms with van der Waals surface area (Å²) in [6.07, 6.45) is 1.65. The summed E-state index contributed by atoms with van der Waals surface area (Å²) in [5.41, 5.74) is 0.458. The molecule has 0 radical (unpaired) electrons. The fourth-order valence-corrected chi connectivity index (χ4v) is 3.65. The van der Waals surface area contributed by atoms with E-state index in [1.54, 1.807) is 7.11 Å². The van der Waals surface area contributed by atoms with Crippen molar-refractivity contribution in [1.29, 1.82) is 0 Å². The van der Waals surface area contributed by atoms with Crippen molar-refractivity contribution in [1.82, 2.24) is 15.4 Å². The van der Waals surface area contributed by atoms with Crippen LogP contribution in [0.2, 0.25) is 0 Å². The molecule has 0 aromatic carbocycles. The maximum absolute atomic E-state index is 12.8. The first-order valence-electron chi connectivity index (χ1n) is 8.17. The van der Waals surface area contributed by atoms with Gasteiger partial charge >= 0.3 is 0 Å². The number of hydrogen-bond donors (Lipinski definition) is 1. The van der Waals surface area contributed by atoms with Gasteiger partial charge in [0.15, 0.2) is 0 Å². The van der Waals surface area contributed by atoms with Crippen LogP contribution in [-0.4, -0.2) is 62.0 Å². The minimum atomic E-state index is -0.454. The Kier molecular flexibility index (Phi) is 4.99. The number of ether oxygens (including phenoxy) is 2. The lowest BCUT2D eigenvalue weighted by Gasteiger charge is -2.42. The Bertz CT molecular complexity index is 547. The minimum absolute atomic E-state index is 0.0142. The van der Waals surface area contributed by atoms with Gasteiger partial charge in [-0.25, -0.2) is 0 Å². The number of fused-ring (bicyclic) bond motifs is 1. The average molecular weight is 323 g/mol. The molecule has 2 saturated heterocycles. The molecular weight excluding hydrogens is 298 g/mol. The fourth-order valence-electron chi connectivity index (χ4n) is 3.65. The van der Waals surface area contributed by atoms with Crippen LogP contribution in [0.4, 0.5) is 0 Å². The Morgan fingerprint density at radius 3 is 3.22 bits per heavy atom. The predicted molar refractivity (Wildman–Crippen MR) is 82.8 cm³/mol. The Hall–Kier alpha value is -1.44. The van der Waals surface area contributed by atoms with Gasteiger partial charge in [0.2, 0.25) is 5.91 Å². The van der Waals surface area contributed by atoms with E-state index in [0.29, 0.717) is 32.8 Å². The number of piperidine rings is 1. The van der Waals surface area contributed by atoms with Crippen LogP contribution in [-0.2, 0) is 20.8 Å². The van der Waals surface area contributed by atoms with Crippen molar-refractivity contribution in [2.75, 3.05) is 40.0 Å². The summed E-state index contributed by atoms with van der Waals surface area (Å²) in [4.78, 5) is 15.0. The number of nitrogens with zero attached hydrogens (tertiary/aromatic N) is 2. The van der Waals surface area contributed by atoms with E-state index in [1.165, 1.54) is 0 Å². The van der Waals surface area contributed by atoms with Gasteiger partial charge in [-0.2, -0.15) is 0 Å². The van der Waals surface area contributed by atoms with Crippen LogP contribution < -0.4 is 5.32 Å². The molecule has 7 heteroatoms. The quantitative estimate of drug-likeness (QED) is 0.778. The number of methoxy groups -OCH3 is 1. The van der Waals surface area contributed by atoms with E-state index in [2.05, 4.69) is 15.4 Å². The maximum atomic E-state index is 12.8. The zero-order valence-electron chi connectivity index (χ0n) is 13.8. The van der Waals surface area contributed by atoms with Crippen LogP contribution in [0, 0.1) is 12.3 Å². The lowest BCUT2D eigenvalue weighted by Crippen LogP contribution is -2.57. The van der Waals surface area contributed by atoms with E-state index in [-0.39, 0.29) is 12.0 Å². The second-order valence-electron chi connectivity index (χ2n) is 6.44. The van der Waals surface area contributed by atoms with Gasteiger partial charge in [-0.3, -0.25) is 9.69 Å². The molecule has 2 atom stereocenters. The molecule has 0 bridgehead atoms. The molecule has 1 N–H and O–H groups in total. The van der Waals surface area contributed by atoms with Crippen LogP contribution in [0.15, 0.2) is 10.6 Å². The molecule has 1 aromatic rings. The molecule has 0 saturated carbocycles. The third-order valence-electron chi connectivity index (χ3n) is 4.80. The van der Waals surface area contributed by atoms with E-state index in [1.807, 2.05) is 13.0 Å². The molecule has 2 fully saturated rings. The highest BCUT2D eigenvalue weighted by Gasteiger charge is 2.53. The maximum Gasteiger partial charge on any atom is 0.230 e. The highest BCUT2D eigenvalue weighted by Crippen LogP contribution is 2.41. The van der Waals surface area contributed by atoms with Crippen molar-refractivity contribution >= 4 is 5.91 Å². The number of aromatic nitrogens is 1. The Morgan fingerprint density at radius 2 is 2.48 bits per heavy atom. The largest absolute Gasteiger partial charge is 0.383 e. The molecule has 0 spiro atoms. The normalized spacial score (nSPS) is 27.8. The van der Waals surface area contributed by atoms with E-state index in [0.717, 1.165) is 30.8 Å². The first-order chi connectivity index (χ1) is 11.1. The third-order valence-corrected chi connectivity index (χ3v) is 4.80. The molecule has 1 amide bonds. The first-order valence-corrected chi connectivity index (χ1v) is 8.17. The smallest absolute Gasteiger partial charge is 0.230 e. The summed E-state index contributed by atoms with van der Waals surface area (Å²) in [6.45, 7) is 5.91. The highest BCUT2D eigenvalue weighted by molar-refractivity contribution is 5.84. The third kappa shape index (κ3) is 3.41. The molecule has 2 aliphatic heterocycles. The second kappa shape index (κ2) is 6.98. The molecule has 3 heterocycles. The van der Waals surface area contributed by atoms with Crippen LogP contribution >= 0.6 is 0 Å². The van der Waals surface area contributed by atoms with Gasteiger partial charge in [-0.05, 0) is 19.8 Å². The average Bonchev–Trinajstić information content (AvgIpc) is 3.14.